The zero-order valence-electron chi connectivity index (χ0n) is 28.7. The first-order valence-corrected chi connectivity index (χ1v) is 18.3. The Hall–Kier alpha value is -6.96. The second-order valence-corrected chi connectivity index (χ2v) is 14.4. The first kappa shape index (κ1) is 28.7. The standard InChI is InChI=1S/C52H30O/c1-2-9-37-30-48-47(28-36(37)8-1)51-45(43-24-22-35-21-20-33-11-7-12-34-23-25-44(43)50(35)49(33)34)27-26-40(52(51)53-48)31-16-18-32(19-17-31)46-29-38-10-3-4-13-39(38)41-14-5-6-15-42(41)46/h1-30H. The summed E-state index contributed by atoms with van der Waals surface area (Å²) in [6.45, 7) is 0. The van der Waals surface area contributed by atoms with Crippen molar-refractivity contribution in [3.8, 4) is 33.4 Å². The van der Waals surface area contributed by atoms with E-state index in [0.29, 0.717) is 0 Å². The van der Waals surface area contributed by atoms with Gasteiger partial charge < -0.3 is 4.42 Å². The van der Waals surface area contributed by atoms with Gasteiger partial charge in [-0.15, -0.1) is 0 Å². The fourth-order valence-corrected chi connectivity index (χ4v) is 9.11. The van der Waals surface area contributed by atoms with Crippen LogP contribution in [0.1, 0.15) is 0 Å². The van der Waals surface area contributed by atoms with E-state index >= 15 is 0 Å². The van der Waals surface area contributed by atoms with Gasteiger partial charge in [0.2, 0.25) is 0 Å². The third kappa shape index (κ3) is 4.14. The van der Waals surface area contributed by atoms with Gasteiger partial charge in [0.25, 0.3) is 0 Å². The minimum absolute atomic E-state index is 0.907. The minimum atomic E-state index is 0.907. The first-order chi connectivity index (χ1) is 26.3. The van der Waals surface area contributed by atoms with Crippen molar-refractivity contribution in [2.24, 2.45) is 0 Å². The van der Waals surface area contributed by atoms with Crippen molar-refractivity contribution >= 4 is 86.6 Å². The zero-order valence-corrected chi connectivity index (χ0v) is 28.7. The molecule has 0 amide bonds. The van der Waals surface area contributed by atoms with Crippen molar-refractivity contribution in [2.45, 2.75) is 0 Å². The molecule has 0 N–H and O–H groups in total. The van der Waals surface area contributed by atoms with E-state index in [1.54, 1.807) is 0 Å². The number of furan rings is 1. The largest absolute Gasteiger partial charge is 0.455 e. The second kappa shape index (κ2) is 10.8. The Bertz CT molecular complexity index is 3420. The second-order valence-electron chi connectivity index (χ2n) is 14.4. The lowest BCUT2D eigenvalue weighted by Gasteiger charge is -2.15. The van der Waals surface area contributed by atoms with Crippen LogP contribution in [0.4, 0.5) is 0 Å². The monoisotopic (exact) mass is 670 g/mol. The van der Waals surface area contributed by atoms with Gasteiger partial charge in [-0.05, 0) is 117 Å². The normalized spacial score (nSPS) is 12.2. The molecule has 0 aliphatic rings. The highest BCUT2D eigenvalue weighted by Crippen LogP contribution is 2.47. The maximum atomic E-state index is 6.95. The van der Waals surface area contributed by atoms with Crippen LogP contribution >= 0.6 is 0 Å². The average molecular weight is 671 g/mol. The van der Waals surface area contributed by atoms with Crippen LogP contribution in [0.3, 0.4) is 0 Å². The van der Waals surface area contributed by atoms with E-state index in [4.69, 9.17) is 4.42 Å². The molecule has 1 aromatic heterocycles. The van der Waals surface area contributed by atoms with E-state index in [0.717, 1.165) is 33.1 Å². The summed E-state index contributed by atoms with van der Waals surface area (Å²) in [7, 11) is 0. The van der Waals surface area contributed by atoms with Crippen molar-refractivity contribution in [1.82, 2.24) is 0 Å². The molecule has 1 heterocycles. The van der Waals surface area contributed by atoms with Gasteiger partial charge in [-0.2, -0.15) is 0 Å². The van der Waals surface area contributed by atoms with Crippen LogP contribution in [0.5, 0.6) is 0 Å². The molecule has 0 bridgehead atoms. The Morgan fingerprint density at radius 2 is 0.830 bits per heavy atom. The number of hydrogen-bond donors (Lipinski definition) is 0. The van der Waals surface area contributed by atoms with Crippen LogP contribution in [0, 0.1) is 0 Å². The summed E-state index contributed by atoms with van der Waals surface area (Å²) in [4.78, 5) is 0. The van der Waals surface area contributed by atoms with E-state index in [1.165, 1.54) is 86.9 Å². The SMILES string of the molecule is c1ccc2cc3c(cc2c1)oc1c(-c2ccc(-c4cc5ccccc5c5ccccc45)cc2)ccc(-c2ccc4ccc5cccc6ccc2c4c56)c13. The molecule has 0 radical (unpaired) electrons. The Balaban J connectivity index is 1.10. The van der Waals surface area contributed by atoms with Gasteiger partial charge in [-0.25, -0.2) is 0 Å². The highest BCUT2D eigenvalue weighted by molar-refractivity contribution is 6.28. The maximum Gasteiger partial charge on any atom is 0.143 e. The highest BCUT2D eigenvalue weighted by Gasteiger charge is 2.21. The molecule has 12 aromatic rings. The van der Waals surface area contributed by atoms with Crippen LogP contribution in [0.25, 0.3) is 120 Å². The van der Waals surface area contributed by atoms with Crippen molar-refractivity contribution in [1.29, 1.82) is 0 Å². The Kier molecular flexibility index (Phi) is 5.84. The number of rotatable bonds is 3. The summed E-state index contributed by atoms with van der Waals surface area (Å²) in [5.74, 6) is 0. The van der Waals surface area contributed by atoms with Crippen molar-refractivity contribution in [3.63, 3.8) is 0 Å². The molecule has 0 aliphatic carbocycles. The summed E-state index contributed by atoms with van der Waals surface area (Å²) >= 11 is 0. The van der Waals surface area contributed by atoms with E-state index in [-0.39, 0.29) is 0 Å². The molecule has 0 aliphatic heterocycles. The highest BCUT2D eigenvalue weighted by atomic mass is 16.3. The van der Waals surface area contributed by atoms with E-state index in [9.17, 15) is 0 Å². The molecule has 0 spiro atoms. The molecule has 1 nitrogen and oxygen atoms in total. The lowest BCUT2D eigenvalue weighted by molar-refractivity contribution is 0.670. The lowest BCUT2D eigenvalue weighted by Crippen LogP contribution is -1.89. The van der Waals surface area contributed by atoms with Crippen molar-refractivity contribution in [3.05, 3.63) is 182 Å². The predicted octanol–water partition coefficient (Wildman–Crippen LogP) is 14.9. The summed E-state index contributed by atoms with van der Waals surface area (Å²) in [5, 5.41) is 17.5. The lowest BCUT2D eigenvalue weighted by atomic mass is 9.87. The predicted molar refractivity (Wildman–Crippen MR) is 226 cm³/mol. The summed E-state index contributed by atoms with van der Waals surface area (Å²) in [6.07, 6.45) is 0. The molecule has 0 atom stereocenters. The van der Waals surface area contributed by atoms with Gasteiger partial charge in [0.15, 0.2) is 0 Å². The molecule has 0 fully saturated rings. The summed E-state index contributed by atoms with van der Waals surface area (Å²) < 4.78 is 6.95. The third-order valence-corrected chi connectivity index (χ3v) is 11.6. The van der Waals surface area contributed by atoms with Crippen LogP contribution < -0.4 is 0 Å². The number of hydrogen-bond acceptors (Lipinski definition) is 1. The third-order valence-electron chi connectivity index (χ3n) is 11.6. The first-order valence-electron chi connectivity index (χ1n) is 18.3. The molecule has 53 heavy (non-hydrogen) atoms. The van der Waals surface area contributed by atoms with Crippen LogP contribution in [0.15, 0.2) is 186 Å². The smallest absolute Gasteiger partial charge is 0.143 e. The van der Waals surface area contributed by atoms with Gasteiger partial charge in [-0.1, -0.05) is 158 Å². The molecule has 11 aromatic carbocycles. The Morgan fingerprint density at radius 3 is 1.62 bits per heavy atom. The van der Waals surface area contributed by atoms with Crippen LogP contribution in [0.2, 0.25) is 0 Å². The number of fused-ring (bicyclic) bond motifs is 7. The van der Waals surface area contributed by atoms with E-state index in [2.05, 4.69) is 182 Å². The van der Waals surface area contributed by atoms with Crippen molar-refractivity contribution in [2.75, 3.05) is 0 Å². The molecule has 0 saturated heterocycles. The van der Waals surface area contributed by atoms with Crippen molar-refractivity contribution < 1.29 is 4.42 Å². The van der Waals surface area contributed by atoms with Gasteiger partial charge in [0.05, 0.1) is 0 Å². The number of benzene rings is 11. The molecular weight excluding hydrogens is 641 g/mol. The van der Waals surface area contributed by atoms with E-state index in [1.807, 2.05) is 0 Å². The average Bonchev–Trinajstić information content (AvgIpc) is 3.60. The Labute approximate surface area is 305 Å². The fraction of sp³-hybridized carbons (Fsp3) is 0. The van der Waals surface area contributed by atoms with E-state index < -0.39 is 0 Å². The van der Waals surface area contributed by atoms with Crippen LogP contribution in [-0.2, 0) is 0 Å². The molecular formula is C52H30O. The minimum Gasteiger partial charge on any atom is -0.455 e. The van der Waals surface area contributed by atoms with Gasteiger partial charge >= 0.3 is 0 Å². The molecule has 1 heteroatoms. The fourth-order valence-electron chi connectivity index (χ4n) is 9.11. The molecule has 244 valence electrons. The van der Waals surface area contributed by atoms with Gasteiger partial charge in [0.1, 0.15) is 11.2 Å². The molecule has 12 rings (SSSR count). The topological polar surface area (TPSA) is 13.1 Å². The van der Waals surface area contributed by atoms with Gasteiger partial charge in [0, 0.05) is 16.3 Å². The molecule has 0 saturated carbocycles. The van der Waals surface area contributed by atoms with Gasteiger partial charge in [-0.3, -0.25) is 0 Å². The Morgan fingerprint density at radius 1 is 0.264 bits per heavy atom. The summed E-state index contributed by atoms with van der Waals surface area (Å²) in [5.41, 5.74) is 8.92. The molecule has 0 unspecified atom stereocenters. The van der Waals surface area contributed by atoms with Crippen LogP contribution in [-0.4, -0.2) is 0 Å². The maximum absolute atomic E-state index is 6.95. The quantitative estimate of drug-likeness (QED) is 0.171. The zero-order chi connectivity index (χ0) is 34.6. The summed E-state index contributed by atoms with van der Waals surface area (Å²) in [6, 6.07) is 66.8.